The number of pyridine rings is 1. The van der Waals surface area contributed by atoms with E-state index in [4.69, 9.17) is 0 Å². The van der Waals surface area contributed by atoms with Gasteiger partial charge in [0.25, 0.3) is 5.91 Å². The van der Waals surface area contributed by atoms with Crippen molar-refractivity contribution in [3.63, 3.8) is 0 Å². The monoisotopic (exact) mass is 379 g/mol. The second kappa shape index (κ2) is 8.69. The first-order chi connectivity index (χ1) is 13.8. The molecule has 1 aliphatic rings. The number of aromatic nitrogens is 5. The van der Waals surface area contributed by atoms with Gasteiger partial charge in [-0.2, -0.15) is 5.10 Å². The minimum absolute atomic E-state index is 0.0622. The minimum Gasteiger partial charge on any atom is -0.370 e. The quantitative estimate of drug-likeness (QED) is 0.657. The van der Waals surface area contributed by atoms with Gasteiger partial charge < -0.3 is 15.2 Å². The molecule has 1 saturated heterocycles. The SMILES string of the molecule is O=C(c1ccc(NCCc2ncc[nH]2)nc1)N1CCC(Cn2cccn2)CC1. The summed E-state index contributed by atoms with van der Waals surface area (Å²) in [6.45, 7) is 3.23. The summed E-state index contributed by atoms with van der Waals surface area (Å²) in [5.74, 6) is 2.34. The molecule has 3 aromatic rings. The largest absolute Gasteiger partial charge is 0.370 e. The van der Waals surface area contributed by atoms with Gasteiger partial charge in [0.2, 0.25) is 0 Å². The molecule has 0 radical (unpaired) electrons. The number of aromatic amines is 1. The zero-order valence-corrected chi connectivity index (χ0v) is 15.8. The Hall–Kier alpha value is -3.16. The van der Waals surface area contributed by atoms with E-state index in [0.717, 1.165) is 57.1 Å². The van der Waals surface area contributed by atoms with E-state index in [1.165, 1.54) is 0 Å². The first kappa shape index (κ1) is 18.2. The number of anilines is 1. The van der Waals surface area contributed by atoms with Crippen LogP contribution in [0.2, 0.25) is 0 Å². The number of carbonyl (C=O) groups is 1. The summed E-state index contributed by atoms with van der Waals surface area (Å²) in [4.78, 5) is 26.3. The molecule has 0 aliphatic carbocycles. The zero-order valence-electron chi connectivity index (χ0n) is 15.8. The standard InChI is InChI=1S/C20H25N7O/c28-20(26-12-5-16(6-13-26)15-27-11-1-7-25-27)17-2-3-18(24-14-17)21-8-4-19-22-9-10-23-19/h1-3,7,9-11,14,16H,4-6,8,12-13,15H2,(H,21,24)(H,22,23). The number of rotatable bonds is 7. The van der Waals surface area contributed by atoms with Gasteiger partial charge in [-0.05, 0) is 37.0 Å². The highest BCUT2D eigenvalue weighted by atomic mass is 16.2. The number of nitrogens with zero attached hydrogens (tertiary/aromatic N) is 5. The molecular formula is C20H25N7O. The number of imidazole rings is 1. The van der Waals surface area contributed by atoms with Crippen LogP contribution in [-0.2, 0) is 13.0 Å². The van der Waals surface area contributed by atoms with Crippen molar-refractivity contribution in [3.8, 4) is 0 Å². The summed E-state index contributed by atoms with van der Waals surface area (Å²) in [7, 11) is 0. The van der Waals surface area contributed by atoms with Gasteiger partial charge in [-0.25, -0.2) is 9.97 Å². The molecule has 0 spiro atoms. The molecule has 8 nitrogen and oxygen atoms in total. The smallest absolute Gasteiger partial charge is 0.255 e. The van der Waals surface area contributed by atoms with Crippen LogP contribution in [-0.4, -0.2) is 55.2 Å². The summed E-state index contributed by atoms with van der Waals surface area (Å²) in [6.07, 6.45) is 11.8. The summed E-state index contributed by atoms with van der Waals surface area (Å²) in [6, 6.07) is 5.65. The van der Waals surface area contributed by atoms with E-state index in [1.54, 1.807) is 18.6 Å². The number of nitrogens with one attached hydrogen (secondary N) is 2. The van der Waals surface area contributed by atoms with E-state index in [-0.39, 0.29) is 5.91 Å². The van der Waals surface area contributed by atoms with Crippen molar-refractivity contribution in [3.05, 3.63) is 60.6 Å². The molecule has 3 aromatic heterocycles. The summed E-state index contributed by atoms with van der Waals surface area (Å²) in [5.41, 5.74) is 0.641. The molecule has 0 saturated carbocycles. The highest BCUT2D eigenvalue weighted by Gasteiger charge is 2.24. The second-order valence-electron chi connectivity index (χ2n) is 7.11. The summed E-state index contributed by atoms with van der Waals surface area (Å²) < 4.78 is 1.98. The van der Waals surface area contributed by atoms with E-state index in [0.29, 0.717) is 11.5 Å². The Morgan fingerprint density at radius 3 is 2.79 bits per heavy atom. The maximum atomic E-state index is 12.7. The molecule has 4 rings (SSSR count). The molecule has 1 fully saturated rings. The molecule has 4 heterocycles. The lowest BCUT2D eigenvalue weighted by Gasteiger charge is -2.32. The molecule has 0 bridgehead atoms. The summed E-state index contributed by atoms with van der Waals surface area (Å²) >= 11 is 0. The van der Waals surface area contributed by atoms with E-state index >= 15 is 0 Å². The van der Waals surface area contributed by atoms with Crippen molar-refractivity contribution >= 4 is 11.7 Å². The van der Waals surface area contributed by atoms with Crippen molar-refractivity contribution in [2.24, 2.45) is 5.92 Å². The highest BCUT2D eigenvalue weighted by Crippen LogP contribution is 2.20. The van der Waals surface area contributed by atoms with Gasteiger partial charge in [0.15, 0.2) is 0 Å². The van der Waals surface area contributed by atoms with Crippen LogP contribution >= 0.6 is 0 Å². The molecule has 8 heteroatoms. The lowest BCUT2D eigenvalue weighted by Crippen LogP contribution is -2.39. The van der Waals surface area contributed by atoms with Crippen LogP contribution in [0.25, 0.3) is 0 Å². The number of hydrogen-bond donors (Lipinski definition) is 2. The van der Waals surface area contributed by atoms with Gasteiger partial charge >= 0.3 is 0 Å². The van der Waals surface area contributed by atoms with Crippen LogP contribution in [0.5, 0.6) is 0 Å². The lowest BCUT2D eigenvalue weighted by atomic mass is 9.96. The molecule has 0 atom stereocenters. The third-order valence-corrected chi connectivity index (χ3v) is 5.14. The average molecular weight is 379 g/mol. The maximum Gasteiger partial charge on any atom is 0.255 e. The number of hydrogen-bond acceptors (Lipinski definition) is 5. The Morgan fingerprint density at radius 2 is 2.11 bits per heavy atom. The predicted molar refractivity (Wildman–Crippen MR) is 106 cm³/mol. The minimum atomic E-state index is 0.0622. The first-order valence-corrected chi connectivity index (χ1v) is 9.73. The van der Waals surface area contributed by atoms with Gasteiger partial charge in [0, 0.05) is 63.6 Å². The maximum absolute atomic E-state index is 12.7. The fourth-order valence-corrected chi connectivity index (χ4v) is 3.54. The van der Waals surface area contributed by atoms with Crippen molar-refractivity contribution < 1.29 is 4.79 Å². The van der Waals surface area contributed by atoms with Crippen molar-refractivity contribution in [2.45, 2.75) is 25.8 Å². The fourth-order valence-electron chi connectivity index (χ4n) is 3.54. The predicted octanol–water partition coefficient (Wildman–Crippen LogP) is 2.21. The van der Waals surface area contributed by atoms with Crippen molar-refractivity contribution in [1.29, 1.82) is 0 Å². The van der Waals surface area contributed by atoms with Crippen molar-refractivity contribution in [2.75, 3.05) is 25.0 Å². The molecule has 0 aromatic carbocycles. The molecule has 0 unspecified atom stereocenters. The molecule has 28 heavy (non-hydrogen) atoms. The molecule has 146 valence electrons. The Morgan fingerprint density at radius 1 is 1.21 bits per heavy atom. The number of H-pyrrole nitrogens is 1. The third-order valence-electron chi connectivity index (χ3n) is 5.14. The van der Waals surface area contributed by atoms with Crippen LogP contribution in [0.15, 0.2) is 49.2 Å². The van der Waals surface area contributed by atoms with Crippen LogP contribution in [0, 0.1) is 5.92 Å². The Labute approximate surface area is 164 Å². The molecule has 2 N–H and O–H groups in total. The van der Waals surface area contributed by atoms with Crippen molar-refractivity contribution in [1.82, 2.24) is 29.6 Å². The first-order valence-electron chi connectivity index (χ1n) is 9.73. The normalized spacial score (nSPS) is 14.9. The average Bonchev–Trinajstić information content (AvgIpc) is 3.43. The Bertz CT molecular complexity index is 851. The van der Waals surface area contributed by atoms with Gasteiger partial charge in [-0.15, -0.1) is 0 Å². The zero-order chi connectivity index (χ0) is 19.2. The van der Waals surface area contributed by atoms with Crippen LogP contribution in [0.4, 0.5) is 5.82 Å². The number of carbonyl (C=O) groups excluding carboxylic acids is 1. The van der Waals surface area contributed by atoms with Gasteiger partial charge in [0.1, 0.15) is 11.6 Å². The molecule has 1 amide bonds. The topological polar surface area (TPSA) is 91.7 Å². The van der Waals surface area contributed by atoms with E-state index in [2.05, 4.69) is 25.4 Å². The van der Waals surface area contributed by atoms with Gasteiger partial charge in [0.05, 0.1) is 5.56 Å². The van der Waals surface area contributed by atoms with Crippen LogP contribution in [0.3, 0.4) is 0 Å². The number of amides is 1. The Kier molecular flexibility index (Phi) is 5.65. The van der Waals surface area contributed by atoms with Gasteiger partial charge in [-0.3, -0.25) is 9.48 Å². The lowest BCUT2D eigenvalue weighted by molar-refractivity contribution is 0.0681. The fraction of sp³-hybridized carbons (Fsp3) is 0.400. The van der Waals surface area contributed by atoms with E-state index in [1.807, 2.05) is 40.2 Å². The number of piperidine rings is 1. The van der Waals surface area contributed by atoms with Crippen LogP contribution in [0.1, 0.15) is 29.0 Å². The van der Waals surface area contributed by atoms with Crippen LogP contribution < -0.4 is 5.32 Å². The summed E-state index contributed by atoms with van der Waals surface area (Å²) in [5, 5.41) is 7.52. The highest BCUT2D eigenvalue weighted by molar-refractivity contribution is 5.94. The second-order valence-corrected chi connectivity index (χ2v) is 7.11. The van der Waals surface area contributed by atoms with Gasteiger partial charge in [-0.1, -0.05) is 0 Å². The van der Waals surface area contributed by atoms with E-state index in [9.17, 15) is 4.79 Å². The Balaban J connectivity index is 1.24. The van der Waals surface area contributed by atoms with E-state index < -0.39 is 0 Å². The molecular weight excluding hydrogens is 354 g/mol. The molecule has 1 aliphatic heterocycles. The third kappa shape index (κ3) is 4.57. The number of likely N-dealkylation sites (tertiary alicyclic amines) is 1.